The average molecular weight is 387 g/mol. The number of carbonyl (C=O) groups is 2. The number of likely N-dealkylation sites (N-methyl/N-ethyl adjacent to an activating group) is 1. The third-order valence-electron chi connectivity index (χ3n) is 3.90. The van der Waals surface area contributed by atoms with E-state index >= 15 is 0 Å². The van der Waals surface area contributed by atoms with Crippen molar-refractivity contribution >= 4 is 46.2 Å². The van der Waals surface area contributed by atoms with Gasteiger partial charge in [-0.05, 0) is 30.2 Å². The predicted molar refractivity (Wildman–Crippen MR) is 107 cm³/mol. The van der Waals surface area contributed by atoms with Crippen LogP contribution in [0.4, 0.5) is 0 Å². The van der Waals surface area contributed by atoms with Crippen molar-refractivity contribution in [3.05, 3.63) is 59.0 Å². The highest BCUT2D eigenvalue weighted by Gasteiger charge is 2.28. The molecule has 0 atom stereocenters. The number of hydrogen-bond donors (Lipinski definition) is 1. The van der Waals surface area contributed by atoms with Gasteiger partial charge in [0.25, 0.3) is 11.8 Å². The normalized spacial score (nSPS) is 15.7. The lowest BCUT2D eigenvalue weighted by atomic mass is 10.1. The Balaban J connectivity index is 1.53. The Morgan fingerprint density at radius 1 is 1.35 bits per heavy atom. The lowest BCUT2D eigenvalue weighted by Gasteiger charge is -2.06. The molecule has 2 aromatic rings. The second-order valence-corrected chi connectivity index (χ2v) is 7.45. The maximum atomic E-state index is 12.2. The molecule has 1 N–H and O–H groups in total. The molecule has 8 heteroatoms. The molecule has 6 nitrogen and oxygen atoms in total. The first-order valence-corrected chi connectivity index (χ1v) is 9.32. The summed E-state index contributed by atoms with van der Waals surface area (Å²) in [5.74, 6) is -0.207. The number of thiocarbonyl (C=S) groups is 1. The highest BCUT2D eigenvalue weighted by atomic mass is 32.2. The fourth-order valence-electron chi connectivity index (χ4n) is 2.41. The van der Waals surface area contributed by atoms with Crippen molar-refractivity contribution in [2.45, 2.75) is 13.0 Å². The zero-order chi connectivity index (χ0) is 18.5. The minimum atomic E-state index is -0.109. The molecule has 2 amide bonds. The van der Waals surface area contributed by atoms with Crippen molar-refractivity contribution < 1.29 is 9.59 Å². The largest absolute Gasteiger partial charge is 0.352 e. The Hall–Kier alpha value is -2.45. The first-order chi connectivity index (χ1) is 12.5. The van der Waals surface area contributed by atoms with Crippen LogP contribution in [0.3, 0.4) is 0 Å². The fourth-order valence-corrected chi connectivity index (χ4v) is 3.59. The maximum Gasteiger partial charge on any atom is 0.265 e. The van der Waals surface area contributed by atoms with Gasteiger partial charge in [0.05, 0.1) is 11.2 Å². The Bertz CT molecular complexity index is 845. The Morgan fingerprint density at radius 2 is 2.12 bits per heavy atom. The molecule has 3 rings (SSSR count). The zero-order valence-corrected chi connectivity index (χ0v) is 15.8. The van der Waals surface area contributed by atoms with Gasteiger partial charge in [0, 0.05) is 38.1 Å². The van der Waals surface area contributed by atoms with Crippen LogP contribution < -0.4 is 5.32 Å². The first-order valence-electron chi connectivity index (χ1n) is 8.10. The van der Waals surface area contributed by atoms with Crippen molar-refractivity contribution in [1.29, 1.82) is 0 Å². The van der Waals surface area contributed by atoms with Gasteiger partial charge < -0.3 is 9.88 Å². The third kappa shape index (κ3) is 4.39. The topological polar surface area (TPSA) is 67.2 Å². The Morgan fingerprint density at radius 3 is 2.73 bits per heavy atom. The molecule has 0 bridgehead atoms. The van der Waals surface area contributed by atoms with Gasteiger partial charge in [0.2, 0.25) is 0 Å². The second-order valence-electron chi connectivity index (χ2n) is 5.77. The summed E-state index contributed by atoms with van der Waals surface area (Å²) in [6.45, 7) is 1.41. The maximum absolute atomic E-state index is 12.2. The molecular weight excluding hydrogens is 368 g/mol. The zero-order valence-electron chi connectivity index (χ0n) is 14.2. The number of nitrogens with zero attached hydrogens (tertiary/aromatic N) is 3. The van der Waals surface area contributed by atoms with Gasteiger partial charge in [0.1, 0.15) is 4.32 Å². The molecule has 0 radical (unpaired) electrons. The summed E-state index contributed by atoms with van der Waals surface area (Å²) >= 11 is 6.40. The average Bonchev–Trinajstić information content (AvgIpc) is 3.24. The molecule has 1 saturated heterocycles. The number of imidazole rings is 1. The van der Waals surface area contributed by atoms with E-state index in [0.29, 0.717) is 21.3 Å². The molecule has 0 aliphatic carbocycles. The SMILES string of the molecule is CN1C(=O)/C(=C/c2ccc(C(=O)NCCCn3ccnc3)cc2)SC1=S. The number of amides is 2. The van der Waals surface area contributed by atoms with Gasteiger partial charge in [-0.25, -0.2) is 4.98 Å². The van der Waals surface area contributed by atoms with Crippen molar-refractivity contribution in [2.75, 3.05) is 13.6 Å². The van der Waals surface area contributed by atoms with E-state index in [2.05, 4.69) is 10.3 Å². The van der Waals surface area contributed by atoms with Crippen LogP contribution >= 0.6 is 24.0 Å². The number of nitrogens with one attached hydrogen (secondary N) is 1. The Kier molecular flexibility index (Phi) is 5.85. The second kappa shape index (κ2) is 8.29. The molecule has 26 heavy (non-hydrogen) atoms. The fraction of sp³-hybridized carbons (Fsp3) is 0.222. The number of thioether (sulfide) groups is 1. The van der Waals surface area contributed by atoms with Crippen LogP contribution in [0.5, 0.6) is 0 Å². The molecule has 1 aliphatic rings. The molecule has 134 valence electrons. The van der Waals surface area contributed by atoms with Gasteiger partial charge in [-0.1, -0.05) is 36.1 Å². The predicted octanol–water partition coefficient (Wildman–Crippen LogP) is 2.53. The summed E-state index contributed by atoms with van der Waals surface area (Å²) < 4.78 is 2.52. The van der Waals surface area contributed by atoms with E-state index in [1.54, 1.807) is 37.8 Å². The summed E-state index contributed by atoms with van der Waals surface area (Å²) in [5, 5.41) is 2.90. The molecule has 1 aliphatic heterocycles. The number of hydrogen-bond acceptors (Lipinski definition) is 5. The van der Waals surface area contributed by atoms with Crippen LogP contribution in [-0.4, -0.2) is 44.2 Å². The van der Waals surface area contributed by atoms with E-state index in [4.69, 9.17) is 12.2 Å². The van der Waals surface area contributed by atoms with Crippen molar-refractivity contribution in [1.82, 2.24) is 19.8 Å². The van der Waals surface area contributed by atoms with E-state index in [-0.39, 0.29) is 11.8 Å². The van der Waals surface area contributed by atoms with Crippen molar-refractivity contribution in [2.24, 2.45) is 0 Å². The summed E-state index contributed by atoms with van der Waals surface area (Å²) in [7, 11) is 1.67. The lowest BCUT2D eigenvalue weighted by Crippen LogP contribution is -2.25. The summed E-state index contributed by atoms with van der Waals surface area (Å²) in [5.41, 5.74) is 1.45. The van der Waals surface area contributed by atoms with E-state index in [0.717, 1.165) is 18.5 Å². The van der Waals surface area contributed by atoms with Crippen LogP contribution in [0.2, 0.25) is 0 Å². The molecule has 2 heterocycles. The lowest BCUT2D eigenvalue weighted by molar-refractivity contribution is -0.121. The number of rotatable bonds is 6. The van der Waals surface area contributed by atoms with Crippen LogP contribution in [0.1, 0.15) is 22.3 Å². The van der Waals surface area contributed by atoms with Crippen LogP contribution in [-0.2, 0) is 11.3 Å². The van der Waals surface area contributed by atoms with Crippen LogP contribution in [0.25, 0.3) is 6.08 Å². The molecular formula is C18H18N4O2S2. The van der Waals surface area contributed by atoms with E-state index in [1.165, 1.54) is 16.7 Å². The minimum absolute atomic E-state index is 0.0975. The van der Waals surface area contributed by atoms with Gasteiger partial charge in [-0.3, -0.25) is 14.5 Å². The number of aromatic nitrogens is 2. The molecule has 0 saturated carbocycles. The summed E-state index contributed by atoms with van der Waals surface area (Å²) in [4.78, 5) is 30.2. The Labute approximate surface area is 161 Å². The first kappa shape index (κ1) is 18.3. The van der Waals surface area contributed by atoms with Crippen molar-refractivity contribution in [3.8, 4) is 0 Å². The smallest absolute Gasteiger partial charge is 0.265 e. The van der Waals surface area contributed by atoms with Gasteiger partial charge in [0.15, 0.2) is 0 Å². The molecule has 0 spiro atoms. The van der Waals surface area contributed by atoms with Gasteiger partial charge >= 0.3 is 0 Å². The summed E-state index contributed by atoms with van der Waals surface area (Å²) in [6.07, 6.45) is 8.01. The molecule has 1 aromatic carbocycles. The number of carbonyl (C=O) groups excluding carboxylic acids is 2. The van der Waals surface area contributed by atoms with Gasteiger partial charge in [-0.2, -0.15) is 0 Å². The third-order valence-corrected chi connectivity index (χ3v) is 5.38. The number of aryl methyl sites for hydroxylation is 1. The standard InChI is InChI=1S/C18H18N4O2S2/c1-21-17(24)15(26-18(21)25)11-13-3-5-14(6-4-13)16(23)20-7-2-9-22-10-8-19-12-22/h3-6,8,10-12H,2,7,9H2,1H3,(H,20,23)/b15-11-. The monoisotopic (exact) mass is 386 g/mol. The molecule has 1 aromatic heterocycles. The van der Waals surface area contributed by atoms with Gasteiger partial charge in [-0.15, -0.1) is 0 Å². The molecule has 0 unspecified atom stereocenters. The quantitative estimate of drug-likeness (QED) is 0.469. The highest BCUT2D eigenvalue weighted by Crippen LogP contribution is 2.31. The highest BCUT2D eigenvalue weighted by molar-refractivity contribution is 8.26. The molecule has 1 fully saturated rings. The van der Waals surface area contributed by atoms with Crippen LogP contribution in [0.15, 0.2) is 47.9 Å². The number of benzene rings is 1. The van der Waals surface area contributed by atoms with E-state index < -0.39 is 0 Å². The van der Waals surface area contributed by atoms with Crippen molar-refractivity contribution in [3.63, 3.8) is 0 Å². The minimum Gasteiger partial charge on any atom is -0.352 e. The van der Waals surface area contributed by atoms with E-state index in [9.17, 15) is 9.59 Å². The van der Waals surface area contributed by atoms with E-state index in [1.807, 2.05) is 22.9 Å². The summed E-state index contributed by atoms with van der Waals surface area (Å²) in [6, 6.07) is 7.15. The van der Waals surface area contributed by atoms with Crippen LogP contribution in [0, 0.1) is 0 Å².